The highest BCUT2D eigenvalue weighted by Gasteiger charge is 2.30. The Balaban J connectivity index is 5.20. The molecule has 0 saturated heterocycles. The molecule has 0 saturated carbocycles. The quantitative estimate of drug-likeness (QED) is 0.0222. The number of aliphatic hydroxyl groups is 1. The van der Waals surface area contributed by atoms with Crippen molar-refractivity contribution in [3.8, 4) is 0 Å². The molecule has 17 nitrogen and oxygen atoms in total. The summed E-state index contributed by atoms with van der Waals surface area (Å²) in [7, 11) is -9.92. The zero-order chi connectivity index (χ0) is 73.0. The first-order valence-electron chi connectivity index (χ1n) is 41.3. The lowest BCUT2D eigenvalue weighted by Crippen LogP contribution is -2.30. The highest BCUT2D eigenvalue weighted by atomic mass is 31.2. The van der Waals surface area contributed by atoms with E-state index < -0.39 is 97.5 Å². The highest BCUT2D eigenvalue weighted by molar-refractivity contribution is 7.47. The lowest BCUT2D eigenvalue weighted by Gasteiger charge is -2.21. The van der Waals surface area contributed by atoms with Crippen LogP contribution in [0.4, 0.5) is 0 Å². The minimum atomic E-state index is -4.96. The van der Waals surface area contributed by atoms with E-state index in [0.29, 0.717) is 31.6 Å². The zero-order valence-corrected chi connectivity index (χ0v) is 66.8. The minimum Gasteiger partial charge on any atom is -0.462 e. The number of aliphatic hydroxyl groups excluding tert-OH is 1. The first kappa shape index (κ1) is 97.1. The van der Waals surface area contributed by atoms with Gasteiger partial charge in [0.2, 0.25) is 0 Å². The Kier molecular flexibility index (Phi) is 69.0. The van der Waals surface area contributed by atoms with Gasteiger partial charge in [-0.3, -0.25) is 37.3 Å². The Morgan fingerprint density at radius 1 is 0.273 bits per heavy atom. The van der Waals surface area contributed by atoms with E-state index in [9.17, 15) is 43.2 Å². The van der Waals surface area contributed by atoms with Gasteiger partial charge in [0.1, 0.15) is 19.3 Å². The van der Waals surface area contributed by atoms with Gasteiger partial charge in [0, 0.05) is 25.7 Å². The standard InChI is InChI=1S/C80H156O17P2/c1-8-9-10-11-12-13-14-15-16-17-18-19-20-21-22-23-26-30-33-41-49-56-63-79(84)96-75(67-90-77(82)61-54-47-40-32-29-27-24-25-28-31-37-44-51-58-71(2)3)69-94-98(86,87)92-65-74(81)66-93-99(88,89)95-70-76(68-91-78(83)62-55-48-43-36-39-46-53-60-73(6)7)97-80(85)64-57-50-42-35-34-38-45-52-59-72(4)5/h71-76,81H,8-70H2,1-7H3,(H,86,87)(H,88,89)/t74-,75-,76-/m1/s1. The number of hydrogen-bond acceptors (Lipinski definition) is 15. The van der Waals surface area contributed by atoms with E-state index in [4.69, 9.17) is 37.0 Å². The van der Waals surface area contributed by atoms with Crippen LogP contribution in [0.3, 0.4) is 0 Å². The molecule has 0 radical (unpaired) electrons. The number of esters is 4. The minimum absolute atomic E-state index is 0.104. The molecule has 99 heavy (non-hydrogen) atoms. The Morgan fingerprint density at radius 3 is 0.687 bits per heavy atom. The highest BCUT2D eigenvalue weighted by Crippen LogP contribution is 2.45. The SMILES string of the molecule is CCCCCCCCCCCCCCCCCCCCCCCCC(=O)O[C@H](COC(=O)CCCCCCCCCCCCCCCC(C)C)COP(=O)(O)OC[C@@H](O)COP(=O)(O)OC[C@@H](COC(=O)CCCCCCCCCC(C)C)OC(=O)CCCCCCCCCCC(C)C. The molecule has 0 aliphatic carbocycles. The van der Waals surface area contributed by atoms with E-state index in [1.807, 2.05) is 0 Å². The third kappa shape index (κ3) is 74.1. The summed E-state index contributed by atoms with van der Waals surface area (Å²) < 4.78 is 68.6. The van der Waals surface area contributed by atoms with E-state index in [1.54, 1.807) is 0 Å². The van der Waals surface area contributed by atoms with Gasteiger partial charge in [-0.05, 0) is 43.4 Å². The van der Waals surface area contributed by atoms with E-state index in [-0.39, 0.29) is 25.7 Å². The van der Waals surface area contributed by atoms with Gasteiger partial charge < -0.3 is 33.8 Å². The second-order valence-electron chi connectivity index (χ2n) is 30.2. The summed E-state index contributed by atoms with van der Waals surface area (Å²) in [5.41, 5.74) is 0. The van der Waals surface area contributed by atoms with Crippen LogP contribution in [0.5, 0.6) is 0 Å². The third-order valence-electron chi connectivity index (χ3n) is 18.6. The van der Waals surface area contributed by atoms with E-state index in [1.165, 1.54) is 218 Å². The van der Waals surface area contributed by atoms with Crippen LogP contribution in [0, 0.1) is 17.8 Å². The van der Waals surface area contributed by atoms with E-state index in [0.717, 1.165) is 108 Å². The fourth-order valence-corrected chi connectivity index (χ4v) is 13.9. The summed E-state index contributed by atoms with van der Waals surface area (Å²) in [6.07, 6.45) is 58.6. The molecule has 588 valence electrons. The molecule has 0 bridgehead atoms. The van der Waals surface area contributed by atoms with Gasteiger partial charge in [0.25, 0.3) is 0 Å². The van der Waals surface area contributed by atoms with Crippen molar-refractivity contribution in [2.75, 3.05) is 39.6 Å². The molecule has 0 aromatic carbocycles. The summed E-state index contributed by atoms with van der Waals surface area (Å²) in [5.74, 6) is 0.0970. The summed E-state index contributed by atoms with van der Waals surface area (Å²) >= 11 is 0. The fraction of sp³-hybridized carbons (Fsp3) is 0.950. The van der Waals surface area contributed by atoms with Gasteiger partial charge in [-0.15, -0.1) is 0 Å². The second kappa shape index (κ2) is 70.4. The number of carbonyl (C=O) groups excluding carboxylic acids is 4. The summed E-state index contributed by atoms with van der Waals surface area (Å²) in [4.78, 5) is 72.9. The maximum absolute atomic E-state index is 13.1. The number of rotatable bonds is 78. The molecule has 5 atom stereocenters. The summed E-state index contributed by atoms with van der Waals surface area (Å²) in [5, 5.41) is 10.6. The number of phosphoric ester groups is 2. The maximum atomic E-state index is 13.1. The third-order valence-corrected chi connectivity index (χ3v) is 20.5. The topological polar surface area (TPSA) is 237 Å². The molecule has 19 heteroatoms. The number of carbonyl (C=O) groups is 4. The lowest BCUT2D eigenvalue weighted by molar-refractivity contribution is -0.161. The van der Waals surface area contributed by atoms with E-state index >= 15 is 0 Å². The van der Waals surface area contributed by atoms with Crippen LogP contribution in [-0.2, 0) is 65.4 Å². The Labute approximate surface area is 607 Å². The van der Waals surface area contributed by atoms with Crippen LogP contribution < -0.4 is 0 Å². The predicted molar refractivity (Wildman–Crippen MR) is 405 cm³/mol. The largest absolute Gasteiger partial charge is 0.472 e. The molecule has 0 aliphatic rings. The molecule has 0 amide bonds. The second-order valence-corrected chi connectivity index (χ2v) is 33.1. The number of unbranched alkanes of at least 4 members (excludes halogenated alkanes) is 46. The number of phosphoric acid groups is 2. The van der Waals surface area contributed by atoms with Gasteiger partial charge in [-0.1, -0.05) is 363 Å². The summed E-state index contributed by atoms with van der Waals surface area (Å²) in [6, 6.07) is 0. The normalized spacial score (nSPS) is 14.0. The van der Waals surface area contributed by atoms with Gasteiger partial charge >= 0.3 is 39.5 Å². The molecule has 0 aliphatic heterocycles. The van der Waals surface area contributed by atoms with Crippen molar-refractivity contribution in [1.82, 2.24) is 0 Å². The average Bonchev–Trinajstić information content (AvgIpc) is 1.02. The van der Waals surface area contributed by atoms with Crippen molar-refractivity contribution in [3.63, 3.8) is 0 Å². The van der Waals surface area contributed by atoms with Crippen LogP contribution >= 0.6 is 15.6 Å². The van der Waals surface area contributed by atoms with Crippen LogP contribution in [0.15, 0.2) is 0 Å². The smallest absolute Gasteiger partial charge is 0.462 e. The van der Waals surface area contributed by atoms with Gasteiger partial charge in [0.15, 0.2) is 12.2 Å². The van der Waals surface area contributed by atoms with Crippen molar-refractivity contribution in [1.29, 1.82) is 0 Å². The Morgan fingerprint density at radius 2 is 0.465 bits per heavy atom. The van der Waals surface area contributed by atoms with Gasteiger partial charge in [-0.2, -0.15) is 0 Å². The molecule has 0 aromatic rings. The molecule has 0 spiro atoms. The first-order chi connectivity index (χ1) is 47.7. The predicted octanol–water partition coefficient (Wildman–Crippen LogP) is 23.7. The number of hydrogen-bond donors (Lipinski definition) is 3. The fourth-order valence-electron chi connectivity index (χ4n) is 12.3. The molecule has 0 heterocycles. The maximum Gasteiger partial charge on any atom is 0.472 e. The van der Waals surface area contributed by atoms with Crippen molar-refractivity contribution >= 4 is 39.5 Å². The van der Waals surface area contributed by atoms with Crippen LogP contribution in [0.2, 0.25) is 0 Å². The molecule has 2 unspecified atom stereocenters. The van der Waals surface area contributed by atoms with Crippen LogP contribution in [-0.4, -0.2) is 96.7 Å². The van der Waals surface area contributed by atoms with Gasteiger partial charge in [-0.25, -0.2) is 9.13 Å². The lowest BCUT2D eigenvalue weighted by atomic mass is 10.0. The van der Waals surface area contributed by atoms with Crippen molar-refractivity contribution < 1.29 is 80.2 Å². The van der Waals surface area contributed by atoms with Gasteiger partial charge in [0.05, 0.1) is 26.4 Å². The molecular formula is C80H156O17P2. The summed E-state index contributed by atoms with van der Waals surface area (Å²) in [6.45, 7) is 11.8. The van der Waals surface area contributed by atoms with Crippen molar-refractivity contribution in [3.05, 3.63) is 0 Å². The molecule has 0 fully saturated rings. The van der Waals surface area contributed by atoms with Crippen LogP contribution in [0.25, 0.3) is 0 Å². The first-order valence-corrected chi connectivity index (χ1v) is 44.3. The Bertz CT molecular complexity index is 1920. The van der Waals surface area contributed by atoms with Crippen molar-refractivity contribution in [2.24, 2.45) is 17.8 Å². The molecule has 3 N–H and O–H groups in total. The van der Waals surface area contributed by atoms with Crippen LogP contribution in [0.1, 0.15) is 414 Å². The monoisotopic (exact) mass is 1450 g/mol. The van der Waals surface area contributed by atoms with E-state index in [2.05, 4.69) is 48.5 Å². The molecular weight excluding hydrogens is 1290 g/mol. The average molecular weight is 1450 g/mol. The zero-order valence-electron chi connectivity index (χ0n) is 65.0. The molecule has 0 aromatic heterocycles. The van der Waals surface area contributed by atoms with Crippen molar-refractivity contribution in [2.45, 2.75) is 433 Å². The number of ether oxygens (including phenoxy) is 4. The Hall–Kier alpha value is -1.94. The molecule has 0 rings (SSSR count).